The molecule has 154 valence electrons. The minimum atomic E-state index is -0.291. The molecule has 1 aliphatic rings. The number of carbonyl (C=O) groups is 2. The van der Waals surface area contributed by atoms with Gasteiger partial charge in [-0.3, -0.25) is 14.9 Å². The fourth-order valence-electron chi connectivity index (χ4n) is 2.83. The molecule has 3 aromatic rings. The SMILES string of the molecule is COc1cccc(NC(=O)COc2ccc(C(=O)Nc3nc(C4CC4)cs3)cc2)c1. The average Bonchev–Trinajstić information content (AvgIpc) is 3.52. The molecule has 30 heavy (non-hydrogen) atoms. The van der Waals surface area contributed by atoms with E-state index in [1.165, 1.54) is 24.2 Å². The van der Waals surface area contributed by atoms with Crippen molar-refractivity contribution >= 4 is 34.0 Å². The Morgan fingerprint density at radius 1 is 1.10 bits per heavy atom. The second-order valence-corrected chi connectivity index (χ2v) is 7.76. The van der Waals surface area contributed by atoms with Crippen LogP contribution in [0.4, 0.5) is 10.8 Å². The van der Waals surface area contributed by atoms with Gasteiger partial charge in [-0.05, 0) is 49.2 Å². The van der Waals surface area contributed by atoms with Crippen LogP contribution in [0, 0.1) is 0 Å². The summed E-state index contributed by atoms with van der Waals surface area (Å²) in [6.07, 6.45) is 2.35. The highest BCUT2D eigenvalue weighted by atomic mass is 32.1. The summed E-state index contributed by atoms with van der Waals surface area (Å²) >= 11 is 1.44. The zero-order valence-corrected chi connectivity index (χ0v) is 17.2. The van der Waals surface area contributed by atoms with Gasteiger partial charge in [0.25, 0.3) is 11.8 Å². The van der Waals surface area contributed by atoms with Crippen LogP contribution < -0.4 is 20.1 Å². The molecule has 0 spiro atoms. The summed E-state index contributed by atoms with van der Waals surface area (Å²) in [6.45, 7) is -0.147. The van der Waals surface area contributed by atoms with Crippen LogP contribution in [0.25, 0.3) is 0 Å². The van der Waals surface area contributed by atoms with Gasteiger partial charge in [-0.15, -0.1) is 11.3 Å². The topological polar surface area (TPSA) is 89.5 Å². The number of thiazole rings is 1. The second kappa shape index (κ2) is 8.96. The second-order valence-electron chi connectivity index (χ2n) is 6.90. The summed E-state index contributed by atoms with van der Waals surface area (Å²) in [4.78, 5) is 28.9. The maximum absolute atomic E-state index is 12.4. The maximum Gasteiger partial charge on any atom is 0.262 e. The van der Waals surface area contributed by atoms with Crippen molar-refractivity contribution in [3.63, 3.8) is 0 Å². The van der Waals surface area contributed by atoms with Gasteiger partial charge in [-0.2, -0.15) is 0 Å². The van der Waals surface area contributed by atoms with Crippen molar-refractivity contribution in [2.45, 2.75) is 18.8 Å². The number of nitrogens with zero attached hydrogens (tertiary/aromatic N) is 1. The molecule has 0 aliphatic heterocycles. The quantitative estimate of drug-likeness (QED) is 0.564. The minimum absolute atomic E-state index is 0.147. The van der Waals surface area contributed by atoms with E-state index in [0.717, 1.165) is 5.69 Å². The zero-order chi connectivity index (χ0) is 20.9. The maximum atomic E-state index is 12.4. The molecule has 7 nitrogen and oxygen atoms in total. The highest BCUT2D eigenvalue weighted by Crippen LogP contribution is 2.40. The minimum Gasteiger partial charge on any atom is -0.497 e. The molecule has 1 fully saturated rings. The number of rotatable bonds is 8. The van der Waals surface area contributed by atoms with E-state index in [1.54, 1.807) is 55.6 Å². The van der Waals surface area contributed by atoms with Gasteiger partial charge in [0.05, 0.1) is 12.8 Å². The lowest BCUT2D eigenvalue weighted by atomic mass is 10.2. The predicted octanol–water partition coefficient (Wildman–Crippen LogP) is 4.30. The van der Waals surface area contributed by atoms with Crippen molar-refractivity contribution in [2.24, 2.45) is 0 Å². The molecule has 0 saturated heterocycles. The first-order valence-electron chi connectivity index (χ1n) is 9.54. The van der Waals surface area contributed by atoms with Gasteiger partial charge >= 0.3 is 0 Å². The summed E-state index contributed by atoms with van der Waals surface area (Å²) in [5.74, 6) is 1.19. The van der Waals surface area contributed by atoms with Gasteiger partial charge in [0.2, 0.25) is 0 Å². The molecule has 8 heteroatoms. The number of carbonyl (C=O) groups excluding carboxylic acids is 2. The Morgan fingerprint density at radius 3 is 2.63 bits per heavy atom. The number of hydrogen-bond donors (Lipinski definition) is 2. The highest BCUT2D eigenvalue weighted by Gasteiger charge is 2.26. The summed E-state index contributed by atoms with van der Waals surface area (Å²) in [5, 5.41) is 8.17. The van der Waals surface area contributed by atoms with E-state index in [9.17, 15) is 9.59 Å². The molecule has 0 bridgehead atoms. The Labute approximate surface area is 178 Å². The van der Waals surface area contributed by atoms with Gasteiger partial charge in [-0.1, -0.05) is 6.07 Å². The molecule has 2 aromatic carbocycles. The summed E-state index contributed by atoms with van der Waals surface area (Å²) in [5.41, 5.74) is 2.18. The van der Waals surface area contributed by atoms with E-state index in [4.69, 9.17) is 9.47 Å². The Kier molecular flexibility index (Phi) is 5.94. The fourth-order valence-corrected chi connectivity index (χ4v) is 3.62. The first-order valence-corrected chi connectivity index (χ1v) is 10.4. The molecule has 0 atom stereocenters. The van der Waals surface area contributed by atoms with Crippen molar-refractivity contribution in [2.75, 3.05) is 24.4 Å². The van der Waals surface area contributed by atoms with Crippen LogP contribution in [-0.2, 0) is 4.79 Å². The Bertz CT molecular complexity index is 1040. The van der Waals surface area contributed by atoms with Crippen LogP contribution >= 0.6 is 11.3 Å². The first kappa shape index (κ1) is 19.9. The molecule has 0 radical (unpaired) electrons. The monoisotopic (exact) mass is 423 g/mol. The van der Waals surface area contributed by atoms with E-state index in [1.807, 2.05) is 5.38 Å². The molecular formula is C22H21N3O4S. The third-order valence-corrected chi connectivity index (χ3v) is 5.35. The first-order chi connectivity index (χ1) is 14.6. The van der Waals surface area contributed by atoms with Gasteiger partial charge in [0.15, 0.2) is 11.7 Å². The van der Waals surface area contributed by atoms with Crippen LogP contribution in [0.15, 0.2) is 53.9 Å². The van der Waals surface area contributed by atoms with Gasteiger partial charge < -0.3 is 14.8 Å². The van der Waals surface area contributed by atoms with E-state index >= 15 is 0 Å². The number of anilines is 2. The lowest BCUT2D eigenvalue weighted by molar-refractivity contribution is -0.118. The van der Waals surface area contributed by atoms with E-state index < -0.39 is 0 Å². The summed E-state index contributed by atoms with van der Waals surface area (Å²) in [6, 6.07) is 13.7. The number of aromatic nitrogens is 1. The number of ether oxygens (including phenoxy) is 2. The average molecular weight is 423 g/mol. The van der Waals surface area contributed by atoms with Crippen LogP contribution in [0.2, 0.25) is 0 Å². The van der Waals surface area contributed by atoms with Crippen molar-refractivity contribution in [1.82, 2.24) is 4.98 Å². The number of benzene rings is 2. The molecule has 2 amide bonds. The Morgan fingerprint density at radius 2 is 1.90 bits per heavy atom. The molecule has 1 heterocycles. The molecule has 0 unspecified atom stereocenters. The van der Waals surface area contributed by atoms with Crippen LogP contribution in [0.1, 0.15) is 34.8 Å². The lowest BCUT2D eigenvalue weighted by Gasteiger charge is -2.09. The summed E-state index contributed by atoms with van der Waals surface area (Å²) in [7, 11) is 1.57. The molecular weight excluding hydrogens is 402 g/mol. The van der Waals surface area contributed by atoms with E-state index in [0.29, 0.717) is 33.8 Å². The number of methoxy groups -OCH3 is 1. The zero-order valence-electron chi connectivity index (χ0n) is 16.4. The van der Waals surface area contributed by atoms with Crippen LogP contribution in [0.3, 0.4) is 0 Å². The largest absolute Gasteiger partial charge is 0.497 e. The van der Waals surface area contributed by atoms with Crippen LogP contribution in [-0.4, -0.2) is 30.5 Å². The Balaban J connectivity index is 1.27. The highest BCUT2D eigenvalue weighted by molar-refractivity contribution is 7.14. The molecule has 2 N–H and O–H groups in total. The number of nitrogens with one attached hydrogen (secondary N) is 2. The third kappa shape index (κ3) is 5.15. The molecule has 1 aromatic heterocycles. The lowest BCUT2D eigenvalue weighted by Crippen LogP contribution is -2.20. The molecule has 4 rings (SSSR count). The van der Waals surface area contributed by atoms with Crippen molar-refractivity contribution in [3.05, 3.63) is 65.2 Å². The number of amides is 2. The number of hydrogen-bond acceptors (Lipinski definition) is 6. The molecule has 1 saturated carbocycles. The van der Waals surface area contributed by atoms with Gasteiger partial charge in [-0.25, -0.2) is 4.98 Å². The summed E-state index contributed by atoms with van der Waals surface area (Å²) < 4.78 is 10.6. The van der Waals surface area contributed by atoms with Crippen molar-refractivity contribution in [3.8, 4) is 11.5 Å². The van der Waals surface area contributed by atoms with Crippen LogP contribution in [0.5, 0.6) is 11.5 Å². The predicted molar refractivity (Wildman–Crippen MR) is 116 cm³/mol. The van der Waals surface area contributed by atoms with E-state index in [-0.39, 0.29) is 18.4 Å². The third-order valence-electron chi connectivity index (χ3n) is 4.58. The standard InChI is InChI=1S/C22H21N3O4S/c1-28-18-4-2-3-16(11-18)23-20(26)12-29-17-9-7-15(8-10-17)21(27)25-22-24-19(13-30-22)14-5-6-14/h2-4,7-11,13-14H,5-6,12H2,1H3,(H,23,26)(H,24,25,27). The fraction of sp³-hybridized carbons (Fsp3) is 0.227. The smallest absolute Gasteiger partial charge is 0.262 e. The van der Waals surface area contributed by atoms with Gasteiger partial charge in [0, 0.05) is 28.6 Å². The van der Waals surface area contributed by atoms with Crippen molar-refractivity contribution < 1.29 is 19.1 Å². The van der Waals surface area contributed by atoms with Crippen molar-refractivity contribution in [1.29, 1.82) is 0 Å². The molecule has 1 aliphatic carbocycles. The normalized spacial score (nSPS) is 12.8. The Hall–Kier alpha value is -3.39. The van der Waals surface area contributed by atoms with Gasteiger partial charge in [0.1, 0.15) is 11.5 Å². The van der Waals surface area contributed by atoms with E-state index in [2.05, 4.69) is 15.6 Å².